The third-order valence-corrected chi connectivity index (χ3v) is 15.3. The number of hydrogen-bond donors (Lipinski definition) is 0. The van der Waals surface area contributed by atoms with E-state index in [-0.39, 0.29) is 0 Å². The standard InChI is InChI=1S/C36H26N4Si/c1-41(2)35(29-19-11-5-12-20-29)31(27-15-7-3-8-16-27)32(28-17-9-4-10-18-28)36(41,30-21-13-6-14-22-30)34(25-39,26-40)33(35,23-37)24-38/h3-22H,1-2H3/t35-,36+. The van der Waals surface area contributed by atoms with Crippen molar-refractivity contribution in [2.45, 2.75) is 23.2 Å². The minimum absolute atomic E-state index is 0.789. The highest BCUT2D eigenvalue weighted by atomic mass is 28.3. The van der Waals surface area contributed by atoms with Crippen LogP contribution in [0.25, 0.3) is 11.1 Å². The van der Waals surface area contributed by atoms with Crippen molar-refractivity contribution in [2.24, 2.45) is 10.8 Å². The van der Waals surface area contributed by atoms with Crippen molar-refractivity contribution in [3.63, 3.8) is 0 Å². The zero-order valence-electron chi connectivity index (χ0n) is 22.8. The summed E-state index contributed by atoms with van der Waals surface area (Å²) >= 11 is 0. The summed E-state index contributed by atoms with van der Waals surface area (Å²) < 4.78 is 0. The highest BCUT2D eigenvalue weighted by Gasteiger charge is 2.94. The average molecular weight is 543 g/mol. The number of rotatable bonds is 4. The van der Waals surface area contributed by atoms with Crippen LogP contribution >= 0.6 is 0 Å². The minimum Gasteiger partial charge on any atom is -0.196 e. The Morgan fingerprint density at radius 3 is 0.976 bits per heavy atom. The lowest BCUT2D eigenvalue weighted by atomic mass is 9.45. The van der Waals surface area contributed by atoms with E-state index in [0.717, 1.165) is 33.4 Å². The largest absolute Gasteiger partial charge is 0.196 e. The first-order valence-electron chi connectivity index (χ1n) is 13.5. The number of hydrogen-bond acceptors (Lipinski definition) is 4. The molecule has 41 heavy (non-hydrogen) atoms. The third kappa shape index (κ3) is 2.61. The van der Waals surface area contributed by atoms with E-state index >= 15 is 0 Å². The van der Waals surface area contributed by atoms with Crippen molar-refractivity contribution < 1.29 is 0 Å². The number of fused-ring (bicyclic) bond motifs is 2. The molecule has 4 aromatic carbocycles. The van der Waals surface area contributed by atoms with Gasteiger partial charge in [0.1, 0.15) is 0 Å². The molecule has 0 saturated carbocycles. The van der Waals surface area contributed by atoms with Crippen LogP contribution in [0.1, 0.15) is 22.3 Å². The Balaban J connectivity index is 2.04. The van der Waals surface area contributed by atoms with E-state index in [1.165, 1.54) is 0 Å². The summed E-state index contributed by atoms with van der Waals surface area (Å²) in [4.78, 5) is 0. The SMILES string of the molecule is C[Si]1(C)[C@]2(c3ccccc3)C(c3ccccc3)=C(c3ccccc3)[C@@]1(c1ccccc1)C(C#N)(C#N)C2(C#N)C#N. The number of allylic oxidation sites excluding steroid dienone is 2. The molecule has 6 rings (SSSR count). The number of nitriles is 4. The van der Waals surface area contributed by atoms with Crippen molar-refractivity contribution in [1.29, 1.82) is 21.0 Å². The van der Waals surface area contributed by atoms with Gasteiger partial charge in [0.15, 0.2) is 10.8 Å². The van der Waals surface area contributed by atoms with E-state index in [4.69, 9.17) is 0 Å². The maximum Gasteiger partial charge on any atom is 0.187 e. The second kappa shape index (κ2) is 8.91. The molecule has 0 unspecified atom stereocenters. The van der Waals surface area contributed by atoms with Crippen molar-refractivity contribution in [3.05, 3.63) is 144 Å². The topological polar surface area (TPSA) is 95.2 Å². The van der Waals surface area contributed by atoms with Crippen molar-refractivity contribution in [2.75, 3.05) is 0 Å². The maximum atomic E-state index is 11.3. The predicted molar refractivity (Wildman–Crippen MR) is 161 cm³/mol. The van der Waals surface area contributed by atoms with Crippen LogP contribution in [0.15, 0.2) is 121 Å². The van der Waals surface area contributed by atoms with Crippen LogP contribution in [-0.2, 0) is 10.1 Å². The lowest BCUT2D eigenvalue weighted by Crippen LogP contribution is -2.58. The number of nitrogens with zero attached hydrogens (tertiary/aromatic N) is 4. The molecule has 0 radical (unpaired) electrons. The van der Waals surface area contributed by atoms with Gasteiger partial charge < -0.3 is 0 Å². The summed E-state index contributed by atoms with van der Waals surface area (Å²) in [6, 6.07) is 48.8. The molecule has 0 spiro atoms. The van der Waals surface area contributed by atoms with Gasteiger partial charge in [-0.3, -0.25) is 0 Å². The molecule has 2 aliphatic rings. The van der Waals surface area contributed by atoms with Crippen LogP contribution in [-0.4, -0.2) is 8.07 Å². The molecule has 0 amide bonds. The Kier molecular flexibility index (Phi) is 5.66. The molecule has 5 heteroatoms. The van der Waals surface area contributed by atoms with E-state index in [9.17, 15) is 21.0 Å². The Morgan fingerprint density at radius 1 is 0.439 bits per heavy atom. The van der Waals surface area contributed by atoms with Crippen molar-refractivity contribution in [1.82, 2.24) is 0 Å². The van der Waals surface area contributed by atoms with E-state index in [0.29, 0.717) is 0 Å². The first-order valence-corrected chi connectivity index (χ1v) is 16.5. The van der Waals surface area contributed by atoms with Crippen LogP contribution in [0.4, 0.5) is 0 Å². The lowest BCUT2D eigenvalue weighted by Gasteiger charge is -2.49. The second-order valence-electron chi connectivity index (χ2n) is 11.3. The molecule has 0 aromatic heterocycles. The van der Waals surface area contributed by atoms with Gasteiger partial charge in [0, 0.05) is 0 Å². The predicted octanol–water partition coefficient (Wildman–Crippen LogP) is 7.35. The molecule has 4 nitrogen and oxygen atoms in total. The van der Waals surface area contributed by atoms with Gasteiger partial charge in [-0.1, -0.05) is 134 Å². The van der Waals surface area contributed by atoms with Gasteiger partial charge in [0.05, 0.1) is 42.4 Å². The quantitative estimate of drug-likeness (QED) is 0.252. The number of benzene rings is 4. The molecule has 2 heterocycles. The third-order valence-electron chi connectivity index (χ3n) is 9.77. The monoisotopic (exact) mass is 542 g/mol. The highest BCUT2D eigenvalue weighted by Crippen LogP contribution is 2.84. The maximum absolute atomic E-state index is 11.3. The molecule has 1 fully saturated rings. The van der Waals surface area contributed by atoms with Gasteiger partial charge in [-0.25, -0.2) is 0 Å². The van der Waals surface area contributed by atoms with Gasteiger partial charge in [0.25, 0.3) is 0 Å². The molecule has 2 atom stereocenters. The van der Waals surface area contributed by atoms with Crippen LogP contribution in [0.2, 0.25) is 13.1 Å². The highest BCUT2D eigenvalue weighted by molar-refractivity contribution is 6.90. The van der Waals surface area contributed by atoms with E-state index in [2.05, 4.69) is 37.4 Å². The van der Waals surface area contributed by atoms with E-state index < -0.39 is 29.0 Å². The summed E-state index contributed by atoms with van der Waals surface area (Å²) in [7, 11) is -3.23. The Labute approximate surface area is 241 Å². The summed E-state index contributed by atoms with van der Waals surface area (Å²) in [5, 5.41) is 42.7. The van der Waals surface area contributed by atoms with Crippen LogP contribution in [0.5, 0.6) is 0 Å². The Bertz CT molecular complexity index is 1690. The molecule has 4 aromatic rings. The second-order valence-corrected chi connectivity index (χ2v) is 16.0. The fraction of sp³-hybridized carbons (Fsp3) is 0.167. The molecule has 0 N–H and O–H groups in total. The summed E-state index contributed by atoms with van der Waals surface area (Å²) in [5.41, 5.74) is 1.04. The van der Waals surface area contributed by atoms with Crippen LogP contribution in [0, 0.1) is 56.2 Å². The Morgan fingerprint density at radius 2 is 0.707 bits per heavy atom. The zero-order valence-corrected chi connectivity index (χ0v) is 23.8. The zero-order chi connectivity index (χ0) is 28.9. The van der Waals surface area contributed by atoms with Crippen molar-refractivity contribution >= 4 is 19.2 Å². The van der Waals surface area contributed by atoms with E-state index in [1.807, 2.05) is 121 Å². The molecule has 2 bridgehead atoms. The smallest absolute Gasteiger partial charge is 0.187 e. The first kappa shape index (κ1) is 26.0. The summed E-state index contributed by atoms with van der Waals surface area (Å²) in [6.07, 6.45) is 0. The molecule has 1 saturated heterocycles. The molecular formula is C36H26N4Si. The summed E-state index contributed by atoms with van der Waals surface area (Å²) in [6.45, 7) is 4.34. The van der Waals surface area contributed by atoms with Gasteiger partial charge in [-0.05, 0) is 33.4 Å². The normalized spacial score (nSPS) is 24.4. The molecular weight excluding hydrogens is 517 g/mol. The average Bonchev–Trinajstić information content (AvgIpc) is 3.32. The fourth-order valence-electron chi connectivity index (χ4n) is 8.63. The molecule has 0 aliphatic carbocycles. The lowest BCUT2D eigenvalue weighted by molar-refractivity contribution is 0.242. The first-order chi connectivity index (χ1) is 19.9. The minimum atomic E-state index is -3.23. The van der Waals surface area contributed by atoms with Crippen molar-refractivity contribution in [3.8, 4) is 24.3 Å². The summed E-state index contributed by atoms with van der Waals surface area (Å²) in [5.74, 6) is 0. The Hall–Kier alpha value is -5.20. The van der Waals surface area contributed by atoms with Gasteiger partial charge in [0.2, 0.25) is 0 Å². The molecule has 194 valence electrons. The van der Waals surface area contributed by atoms with Crippen LogP contribution < -0.4 is 0 Å². The van der Waals surface area contributed by atoms with Crippen LogP contribution in [0.3, 0.4) is 0 Å². The van der Waals surface area contributed by atoms with Gasteiger partial charge >= 0.3 is 0 Å². The van der Waals surface area contributed by atoms with Gasteiger partial charge in [-0.2, -0.15) is 21.0 Å². The molecule has 2 aliphatic heterocycles. The fourth-order valence-corrected chi connectivity index (χ4v) is 15.2. The van der Waals surface area contributed by atoms with Gasteiger partial charge in [-0.15, -0.1) is 0 Å². The van der Waals surface area contributed by atoms with E-state index in [1.54, 1.807) is 0 Å².